The van der Waals surface area contributed by atoms with E-state index in [1.54, 1.807) is 7.05 Å². The minimum absolute atomic E-state index is 0.164. The Morgan fingerprint density at radius 1 is 1.39 bits per heavy atom. The molecule has 2 aromatic rings. The number of aromatic nitrogens is 2. The van der Waals surface area contributed by atoms with E-state index in [0.717, 1.165) is 10.0 Å². The highest BCUT2D eigenvalue weighted by atomic mass is 79.9. The van der Waals surface area contributed by atoms with E-state index < -0.39 is 10.0 Å². The molecule has 0 saturated heterocycles. The SMILES string of the molecule is CN(Cc1ccccc1Br)S(=O)(=O)c1cn[nH]c1. The van der Waals surface area contributed by atoms with Crippen molar-refractivity contribution in [2.45, 2.75) is 11.4 Å². The maximum absolute atomic E-state index is 12.2. The Hall–Kier alpha value is -1.18. The van der Waals surface area contributed by atoms with Crippen LogP contribution >= 0.6 is 15.9 Å². The first-order chi connectivity index (χ1) is 8.51. The third kappa shape index (κ3) is 2.63. The van der Waals surface area contributed by atoms with Crippen molar-refractivity contribution in [2.24, 2.45) is 0 Å². The van der Waals surface area contributed by atoms with Gasteiger partial charge in [-0.05, 0) is 11.6 Å². The van der Waals surface area contributed by atoms with Crippen LogP contribution in [0.15, 0.2) is 46.0 Å². The maximum atomic E-state index is 12.2. The topological polar surface area (TPSA) is 66.1 Å². The molecule has 7 heteroatoms. The fraction of sp³-hybridized carbons (Fsp3) is 0.182. The lowest BCUT2D eigenvalue weighted by Crippen LogP contribution is -2.26. The zero-order valence-corrected chi connectivity index (χ0v) is 12.1. The van der Waals surface area contributed by atoms with Crippen molar-refractivity contribution < 1.29 is 8.42 Å². The Labute approximate surface area is 114 Å². The highest BCUT2D eigenvalue weighted by molar-refractivity contribution is 9.10. The van der Waals surface area contributed by atoms with Crippen molar-refractivity contribution in [3.63, 3.8) is 0 Å². The second-order valence-corrected chi connectivity index (χ2v) is 6.69. The van der Waals surface area contributed by atoms with Crippen molar-refractivity contribution in [3.8, 4) is 0 Å². The summed E-state index contributed by atoms with van der Waals surface area (Å²) in [7, 11) is -1.95. The van der Waals surface area contributed by atoms with E-state index in [2.05, 4.69) is 26.1 Å². The van der Waals surface area contributed by atoms with E-state index in [-0.39, 0.29) is 4.90 Å². The van der Waals surface area contributed by atoms with Crippen LogP contribution in [0.3, 0.4) is 0 Å². The first-order valence-corrected chi connectivity index (χ1v) is 7.43. The van der Waals surface area contributed by atoms with E-state index in [1.165, 1.54) is 16.7 Å². The van der Waals surface area contributed by atoms with E-state index in [9.17, 15) is 8.42 Å². The maximum Gasteiger partial charge on any atom is 0.246 e. The zero-order chi connectivity index (χ0) is 13.2. The number of sulfonamides is 1. The molecule has 0 fully saturated rings. The molecule has 96 valence electrons. The molecule has 0 aliphatic carbocycles. The van der Waals surface area contributed by atoms with Crippen LogP contribution < -0.4 is 0 Å². The molecule has 1 aromatic carbocycles. The van der Waals surface area contributed by atoms with Crippen molar-refractivity contribution >= 4 is 26.0 Å². The number of nitrogens with zero attached hydrogens (tertiary/aromatic N) is 2. The molecule has 0 spiro atoms. The van der Waals surface area contributed by atoms with Crippen molar-refractivity contribution in [1.29, 1.82) is 0 Å². The summed E-state index contributed by atoms with van der Waals surface area (Å²) in [4.78, 5) is 0.164. The van der Waals surface area contributed by atoms with Crippen LogP contribution in [0.1, 0.15) is 5.56 Å². The summed E-state index contributed by atoms with van der Waals surface area (Å²) in [6, 6.07) is 7.52. The fourth-order valence-corrected chi connectivity index (χ4v) is 2.98. The average molecular weight is 330 g/mol. The third-order valence-electron chi connectivity index (χ3n) is 2.53. The van der Waals surface area contributed by atoms with Crippen LogP contribution in [0.2, 0.25) is 0 Å². The Morgan fingerprint density at radius 3 is 2.72 bits per heavy atom. The molecule has 0 amide bonds. The number of halogens is 1. The summed E-state index contributed by atoms with van der Waals surface area (Å²) in [6.07, 6.45) is 2.66. The second-order valence-electron chi connectivity index (χ2n) is 3.79. The van der Waals surface area contributed by atoms with Crippen LogP contribution in [0.25, 0.3) is 0 Å². The van der Waals surface area contributed by atoms with Gasteiger partial charge in [-0.2, -0.15) is 9.40 Å². The number of nitrogens with one attached hydrogen (secondary N) is 1. The third-order valence-corrected chi connectivity index (χ3v) is 5.07. The highest BCUT2D eigenvalue weighted by Gasteiger charge is 2.22. The Kier molecular flexibility index (Phi) is 3.84. The molecule has 0 bridgehead atoms. The van der Waals surface area contributed by atoms with Gasteiger partial charge in [-0.15, -0.1) is 0 Å². The van der Waals surface area contributed by atoms with Crippen LogP contribution in [-0.4, -0.2) is 30.0 Å². The van der Waals surface area contributed by atoms with E-state index >= 15 is 0 Å². The van der Waals surface area contributed by atoms with Crippen LogP contribution in [0.5, 0.6) is 0 Å². The van der Waals surface area contributed by atoms with Gasteiger partial charge in [-0.3, -0.25) is 5.10 Å². The number of hydrogen-bond donors (Lipinski definition) is 1. The van der Waals surface area contributed by atoms with Gasteiger partial charge in [-0.25, -0.2) is 8.42 Å². The number of rotatable bonds is 4. The molecule has 0 unspecified atom stereocenters. The molecule has 1 N–H and O–H groups in total. The summed E-state index contributed by atoms with van der Waals surface area (Å²) in [5.74, 6) is 0. The standard InChI is InChI=1S/C11H12BrN3O2S/c1-15(8-9-4-2-3-5-11(9)12)18(16,17)10-6-13-14-7-10/h2-7H,8H2,1H3,(H,13,14). The Morgan fingerprint density at radius 2 is 2.11 bits per heavy atom. The summed E-state index contributed by atoms with van der Waals surface area (Å²) in [5, 5.41) is 6.16. The first kappa shape index (κ1) is 13.3. The summed E-state index contributed by atoms with van der Waals surface area (Å²) >= 11 is 3.40. The molecule has 5 nitrogen and oxygen atoms in total. The number of hydrogen-bond acceptors (Lipinski definition) is 3. The quantitative estimate of drug-likeness (QED) is 0.932. The second kappa shape index (κ2) is 5.21. The lowest BCUT2D eigenvalue weighted by atomic mass is 10.2. The first-order valence-electron chi connectivity index (χ1n) is 5.20. The van der Waals surface area contributed by atoms with Crippen molar-refractivity contribution in [1.82, 2.24) is 14.5 Å². The Balaban J connectivity index is 2.24. The molecular formula is C11H12BrN3O2S. The molecule has 1 heterocycles. The summed E-state index contributed by atoms with van der Waals surface area (Å²) in [5.41, 5.74) is 0.909. The van der Waals surface area contributed by atoms with Gasteiger partial charge in [0.15, 0.2) is 0 Å². The molecule has 1 aromatic heterocycles. The molecule has 0 atom stereocenters. The Bertz CT molecular complexity index is 625. The fourth-order valence-electron chi connectivity index (χ4n) is 1.51. The number of aromatic amines is 1. The minimum atomic E-state index is -3.49. The zero-order valence-electron chi connectivity index (χ0n) is 9.67. The predicted molar refractivity (Wildman–Crippen MR) is 71.4 cm³/mol. The minimum Gasteiger partial charge on any atom is -0.284 e. The van der Waals surface area contributed by atoms with Crippen molar-refractivity contribution in [3.05, 3.63) is 46.7 Å². The highest BCUT2D eigenvalue weighted by Crippen LogP contribution is 2.20. The molecular weight excluding hydrogens is 318 g/mol. The van der Waals surface area contributed by atoms with Gasteiger partial charge in [0.2, 0.25) is 10.0 Å². The van der Waals surface area contributed by atoms with Gasteiger partial charge < -0.3 is 0 Å². The normalized spacial score (nSPS) is 11.9. The van der Waals surface area contributed by atoms with Crippen molar-refractivity contribution in [2.75, 3.05) is 7.05 Å². The molecule has 2 rings (SSSR count). The van der Waals surface area contributed by atoms with Crippen LogP contribution in [0.4, 0.5) is 0 Å². The van der Waals surface area contributed by atoms with E-state index in [0.29, 0.717) is 6.54 Å². The van der Waals surface area contributed by atoms with Gasteiger partial charge in [0.1, 0.15) is 4.90 Å². The van der Waals surface area contributed by atoms with Gasteiger partial charge in [0.25, 0.3) is 0 Å². The van der Waals surface area contributed by atoms with Crippen LogP contribution in [0, 0.1) is 0 Å². The predicted octanol–water partition coefficient (Wildman–Crippen LogP) is 1.99. The van der Waals surface area contributed by atoms with Gasteiger partial charge in [-0.1, -0.05) is 34.1 Å². The molecule has 0 aliphatic rings. The lowest BCUT2D eigenvalue weighted by Gasteiger charge is -2.16. The molecule has 18 heavy (non-hydrogen) atoms. The number of H-pyrrole nitrogens is 1. The average Bonchev–Trinajstić information content (AvgIpc) is 2.86. The van der Waals surface area contributed by atoms with Gasteiger partial charge >= 0.3 is 0 Å². The number of benzene rings is 1. The lowest BCUT2D eigenvalue weighted by molar-refractivity contribution is 0.466. The largest absolute Gasteiger partial charge is 0.284 e. The molecule has 0 aliphatic heterocycles. The molecule has 0 saturated carbocycles. The monoisotopic (exact) mass is 329 g/mol. The van der Waals surface area contributed by atoms with Gasteiger partial charge in [0.05, 0.1) is 6.20 Å². The molecule has 0 radical (unpaired) electrons. The summed E-state index contributed by atoms with van der Waals surface area (Å²) in [6.45, 7) is 0.301. The smallest absolute Gasteiger partial charge is 0.246 e. The van der Waals surface area contributed by atoms with E-state index in [4.69, 9.17) is 0 Å². The van der Waals surface area contributed by atoms with Crippen LogP contribution in [-0.2, 0) is 16.6 Å². The van der Waals surface area contributed by atoms with E-state index in [1.807, 2.05) is 24.3 Å². The van der Waals surface area contributed by atoms with Gasteiger partial charge in [0, 0.05) is 24.3 Å². The summed E-state index contributed by atoms with van der Waals surface area (Å²) < 4.78 is 26.5.